The molecule has 1 saturated carbocycles. The molecule has 0 spiro atoms. The molecule has 3 aliphatic rings. The lowest BCUT2D eigenvalue weighted by Crippen LogP contribution is -2.46. The molecule has 1 aromatic carbocycles. The van der Waals surface area contributed by atoms with Gasteiger partial charge in [-0.1, -0.05) is 19.3 Å². The van der Waals surface area contributed by atoms with E-state index in [1.165, 1.54) is 26.2 Å². The molecule has 2 N–H and O–H groups in total. The molecule has 1 aromatic rings. The van der Waals surface area contributed by atoms with Crippen LogP contribution in [0.15, 0.2) is 18.2 Å². The smallest absolute Gasteiger partial charge is 0.317 e. The summed E-state index contributed by atoms with van der Waals surface area (Å²) in [4.78, 5) is 44.1. The predicted molar refractivity (Wildman–Crippen MR) is 134 cm³/mol. The molecule has 0 radical (unpaired) electrons. The zero-order chi connectivity index (χ0) is 23.9. The summed E-state index contributed by atoms with van der Waals surface area (Å²) in [7, 11) is 0. The minimum Gasteiger partial charge on any atom is -0.369 e. The number of carbonyl (C=O) groups is 3. The van der Waals surface area contributed by atoms with Crippen LogP contribution in [0.1, 0.15) is 75.1 Å². The van der Waals surface area contributed by atoms with Gasteiger partial charge in [0.15, 0.2) is 0 Å². The minimum absolute atomic E-state index is 0.0260. The van der Waals surface area contributed by atoms with E-state index in [9.17, 15) is 14.4 Å². The van der Waals surface area contributed by atoms with Crippen LogP contribution in [0.25, 0.3) is 0 Å². The number of carbonyl (C=O) groups excluding carboxylic acids is 3. The van der Waals surface area contributed by atoms with Crippen LogP contribution >= 0.6 is 0 Å². The first kappa shape index (κ1) is 24.4. The molecule has 34 heavy (non-hydrogen) atoms. The molecule has 0 atom stereocenters. The molecule has 2 heterocycles. The van der Waals surface area contributed by atoms with E-state index in [0.29, 0.717) is 36.9 Å². The van der Waals surface area contributed by atoms with Crippen LogP contribution in [0, 0.1) is 0 Å². The van der Waals surface area contributed by atoms with Gasteiger partial charge in [0.2, 0.25) is 5.91 Å². The fourth-order valence-corrected chi connectivity index (χ4v) is 5.41. The lowest BCUT2D eigenvalue weighted by Gasteiger charge is -2.31. The van der Waals surface area contributed by atoms with Crippen molar-refractivity contribution in [1.29, 1.82) is 0 Å². The van der Waals surface area contributed by atoms with Crippen molar-refractivity contribution in [3.8, 4) is 0 Å². The molecule has 1 aliphatic carbocycles. The zero-order valence-corrected chi connectivity index (χ0v) is 20.5. The van der Waals surface area contributed by atoms with Crippen molar-refractivity contribution in [2.75, 3.05) is 49.5 Å². The number of urea groups is 1. The number of nitrogens with one attached hydrogen (secondary N) is 2. The van der Waals surface area contributed by atoms with Crippen molar-refractivity contribution in [3.63, 3.8) is 0 Å². The van der Waals surface area contributed by atoms with E-state index in [2.05, 4.69) is 15.5 Å². The quantitative estimate of drug-likeness (QED) is 0.702. The first-order valence-corrected chi connectivity index (χ1v) is 13.0. The third kappa shape index (κ3) is 6.21. The second kappa shape index (κ2) is 11.6. The highest BCUT2D eigenvalue weighted by Crippen LogP contribution is 2.28. The highest BCUT2D eigenvalue weighted by atomic mass is 16.2. The summed E-state index contributed by atoms with van der Waals surface area (Å²) in [6.45, 7) is 5.83. The van der Waals surface area contributed by atoms with E-state index in [-0.39, 0.29) is 17.8 Å². The summed E-state index contributed by atoms with van der Waals surface area (Å²) >= 11 is 0. The highest BCUT2D eigenvalue weighted by molar-refractivity contribution is 6.02. The van der Waals surface area contributed by atoms with Crippen molar-refractivity contribution in [1.82, 2.24) is 15.1 Å². The fourth-order valence-electron chi connectivity index (χ4n) is 5.41. The molecular weight excluding hydrogens is 430 g/mol. The maximum Gasteiger partial charge on any atom is 0.317 e. The molecule has 4 rings (SSSR count). The first-order chi connectivity index (χ1) is 16.5. The molecule has 0 unspecified atom stereocenters. The molecule has 186 valence electrons. The summed E-state index contributed by atoms with van der Waals surface area (Å²) in [5.41, 5.74) is 2.16. The van der Waals surface area contributed by atoms with Crippen molar-refractivity contribution >= 4 is 29.2 Å². The summed E-state index contributed by atoms with van der Waals surface area (Å²) in [5.74, 6) is -0.128. The lowest BCUT2D eigenvalue weighted by molar-refractivity contribution is -0.114. The van der Waals surface area contributed by atoms with Crippen molar-refractivity contribution in [3.05, 3.63) is 23.8 Å². The molecule has 8 heteroatoms. The van der Waals surface area contributed by atoms with Gasteiger partial charge in [0.1, 0.15) is 0 Å². The van der Waals surface area contributed by atoms with E-state index in [1.807, 2.05) is 28.0 Å². The van der Waals surface area contributed by atoms with Crippen LogP contribution in [0.3, 0.4) is 0 Å². The summed E-state index contributed by atoms with van der Waals surface area (Å²) in [6, 6.07) is 5.96. The van der Waals surface area contributed by atoms with Gasteiger partial charge in [0.05, 0.1) is 5.56 Å². The van der Waals surface area contributed by atoms with Gasteiger partial charge >= 0.3 is 6.03 Å². The van der Waals surface area contributed by atoms with Crippen LogP contribution in [-0.4, -0.2) is 73.0 Å². The monoisotopic (exact) mass is 469 g/mol. The van der Waals surface area contributed by atoms with Crippen molar-refractivity contribution in [2.45, 2.75) is 70.8 Å². The SMILES string of the molecule is CC(=O)Nc1ccc(N2CCCN(C(=O)NC3CCCCC3)CC2)c(C(=O)N2CCCCC2)c1. The average molecular weight is 470 g/mol. The number of hydrogen-bond acceptors (Lipinski definition) is 4. The molecule has 2 aliphatic heterocycles. The van der Waals surface area contributed by atoms with Gasteiger partial charge in [0, 0.05) is 63.6 Å². The Balaban J connectivity index is 1.48. The third-order valence-electron chi connectivity index (χ3n) is 7.25. The molecule has 0 aromatic heterocycles. The topological polar surface area (TPSA) is 85.0 Å². The van der Waals surface area contributed by atoms with Crippen LogP contribution in [-0.2, 0) is 4.79 Å². The van der Waals surface area contributed by atoms with Crippen LogP contribution in [0.5, 0.6) is 0 Å². The fraction of sp³-hybridized carbons (Fsp3) is 0.654. The number of anilines is 2. The van der Waals surface area contributed by atoms with Crippen LogP contribution in [0.4, 0.5) is 16.2 Å². The van der Waals surface area contributed by atoms with Gasteiger partial charge in [0.25, 0.3) is 5.91 Å². The maximum absolute atomic E-state index is 13.5. The first-order valence-electron chi connectivity index (χ1n) is 13.0. The third-order valence-corrected chi connectivity index (χ3v) is 7.25. The summed E-state index contributed by atoms with van der Waals surface area (Å²) < 4.78 is 0. The molecule has 4 amide bonds. The Morgan fingerprint density at radius 1 is 0.794 bits per heavy atom. The molecule has 0 bridgehead atoms. The minimum atomic E-state index is -0.154. The average Bonchev–Trinajstić information content (AvgIpc) is 3.11. The number of rotatable bonds is 4. The van der Waals surface area contributed by atoms with E-state index in [0.717, 1.165) is 63.8 Å². The second-order valence-electron chi connectivity index (χ2n) is 9.88. The van der Waals surface area contributed by atoms with Gasteiger partial charge in [-0.05, 0) is 56.7 Å². The Kier molecular flexibility index (Phi) is 8.29. The van der Waals surface area contributed by atoms with E-state index in [4.69, 9.17) is 0 Å². The van der Waals surface area contributed by atoms with E-state index >= 15 is 0 Å². The van der Waals surface area contributed by atoms with Crippen LogP contribution in [0.2, 0.25) is 0 Å². The molecule has 2 saturated heterocycles. The zero-order valence-electron chi connectivity index (χ0n) is 20.5. The Morgan fingerprint density at radius 2 is 1.50 bits per heavy atom. The number of benzene rings is 1. The van der Waals surface area contributed by atoms with Crippen LogP contribution < -0.4 is 15.5 Å². The molecule has 3 fully saturated rings. The Hall–Kier alpha value is -2.77. The van der Waals surface area contributed by atoms with Crippen molar-refractivity contribution < 1.29 is 14.4 Å². The van der Waals surface area contributed by atoms with Gasteiger partial charge in [-0.2, -0.15) is 0 Å². The molecular formula is C26H39N5O3. The van der Waals surface area contributed by atoms with Gasteiger partial charge in [-0.15, -0.1) is 0 Å². The van der Waals surface area contributed by atoms with E-state index < -0.39 is 0 Å². The summed E-state index contributed by atoms with van der Waals surface area (Å²) in [6.07, 6.45) is 9.88. The second-order valence-corrected chi connectivity index (χ2v) is 9.88. The molecule has 8 nitrogen and oxygen atoms in total. The Morgan fingerprint density at radius 3 is 2.24 bits per heavy atom. The number of nitrogens with zero attached hydrogens (tertiary/aromatic N) is 3. The largest absolute Gasteiger partial charge is 0.369 e. The van der Waals surface area contributed by atoms with Gasteiger partial charge in [-0.25, -0.2) is 4.79 Å². The Bertz CT molecular complexity index is 877. The Labute approximate surface area is 203 Å². The van der Waals surface area contributed by atoms with Crippen molar-refractivity contribution in [2.24, 2.45) is 0 Å². The standard InChI is InChI=1S/C26H39N5O3/c1-20(32)27-22-11-12-24(23(19-22)25(33)30-13-6-3-7-14-30)29-15-8-16-31(18-17-29)26(34)28-21-9-4-2-5-10-21/h11-12,19,21H,2-10,13-18H2,1H3,(H,27,32)(H,28,34). The lowest BCUT2D eigenvalue weighted by atomic mass is 9.96. The number of hydrogen-bond donors (Lipinski definition) is 2. The normalized spacial score (nSPS) is 20.0. The maximum atomic E-state index is 13.5. The number of piperidine rings is 1. The van der Waals surface area contributed by atoms with Gasteiger partial charge in [-0.3, -0.25) is 9.59 Å². The number of likely N-dealkylation sites (tertiary alicyclic amines) is 1. The number of amides is 4. The highest BCUT2D eigenvalue weighted by Gasteiger charge is 2.27. The predicted octanol–water partition coefficient (Wildman–Crippen LogP) is 3.83. The summed E-state index contributed by atoms with van der Waals surface area (Å²) in [5, 5.41) is 6.05. The van der Waals surface area contributed by atoms with Gasteiger partial charge < -0.3 is 25.3 Å². The van der Waals surface area contributed by atoms with E-state index in [1.54, 1.807) is 0 Å².